The summed E-state index contributed by atoms with van der Waals surface area (Å²) in [6.45, 7) is 0. The molecule has 0 aliphatic rings. The van der Waals surface area contributed by atoms with Crippen LogP contribution in [0.25, 0.3) is 0 Å². The Morgan fingerprint density at radius 2 is 2.00 bits per heavy atom. The highest BCUT2D eigenvalue weighted by molar-refractivity contribution is 5.90. The summed E-state index contributed by atoms with van der Waals surface area (Å²) in [6.07, 6.45) is -8.56. The van der Waals surface area contributed by atoms with Crippen molar-refractivity contribution in [1.29, 1.82) is 0 Å². The van der Waals surface area contributed by atoms with Gasteiger partial charge in [-0.15, -0.1) is 0 Å². The van der Waals surface area contributed by atoms with Gasteiger partial charge < -0.3 is 9.84 Å². The van der Waals surface area contributed by atoms with Crippen LogP contribution in [-0.2, 0) is 10.9 Å². The molecular weight excluding hydrogens is 265 g/mol. The zero-order valence-corrected chi connectivity index (χ0v) is 8.76. The summed E-state index contributed by atoms with van der Waals surface area (Å²) in [4.78, 5) is 14.0. The lowest BCUT2D eigenvalue weighted by Gasteiger charge is -2.15. The maximum Gasteiger partial charge on any atom is 0.420 e. The molecule has 1 rings (SSSR count). The largest absolute Gasteiger partial charge is 0.505 e. The van der Waals surface area contributed by atoms with E-state index in [2.05, 4.69) is 9.72 Å². The van der Waals surface area contributed by atoms with Gasteiger partial charge in [0.15, 0.2) is 11.4 Å². The molecule has 1 heterocycles. The number of methoxy groups -OCH3 is 1. The van der Waals surface area contributed by atoms with Crippen molar-refractivity contribution in [2.24, 2.45) is 0 Å². The standard InChI is InChI=1S/C9H6F5NO3/c1-18-8(17)5-6(16)4(9(12,13)14)3(2-15-5)7(10)11/h2,7,16H,1H3. The van der Waals surface area contributed by atoms with Crippen LogP contribution in [0.5, 0.6) is 5.75 Å². The van der Waals surface area contributed by atoms with Gasteiger partial charge in [0.25, 0.3) is 6.43 Å². The van der Waals surface area contributed by atoms with E-state index >= 15 is 0 Å². The van der Waals surface area contributed by atoms with Gasteiger partial charge in [-0.25, -0.2) is 18.6 Å². The third kappa shape index (κ3) is 2.49. The zero-order chi connectivity index (χ0) is 14.1. The number of esters is 1. The van der Waals surface area contributed by atoms with Crippen molar-refractivity contribution in [2.45, 2.75) is 12.6 Å². The zero-order valence-electron chi connectivity index (χ0n) is 8.76. The predicted molar refractivity (Wildman–Crippen MR) is 47.2 cm³/mol. The summed E-state index contributed by atoms with van der Waals surface area (Å²) in [5, 5.41) is 9.24. The Hall–Kier alpha value is -1.93. The first-order valence-electron chi connectivity index (χ1n) is 4.35. The van der Waals surface area contributed by atoms with Crippen molar-refractivity contribution in [3.05, 3.63) is 23.0 Å². The molecule has 100 valence electrons. The second kappa shape index (κ2) is 4.75. The van der Waals surface area contributed by atoms with Gasteiger partial charge in [-0.1, -0.05) is 0 Å². The van der Waals surface area contributed by atoms with Gasteiger partial charge in [-0.2, -0.15) is 13.2 Å². The van der Waals surface area contributed by atoms with E-state index in [4.69, 9.17) is 0 Å². The average Bonchev–Trinajstić information content (AvgIpc) is 2.25. The SMILES string of the molecule is COC(=O)c1ncc(C(F)F)c(C(F)(F)F)c1O. The number of rotatable bonds is 2. The summed E-state index contributed by atoms with van der Waals surface area (Å²) in [6, 6.07) is 0. The van der Waals surface area contributed by atoms with Crippen molar-refractivity contribution in [2.75, 3.05) is 7.11 Å². The van der Waals surface area contributed by atoms with Crippen LogP contribution in [0.15, 0.2) is 6.20 Å². The third-order valence-corrected chi connectivity index (χ3v) is 1.98. The minimum Gasteiger partial charge on any atom is -0.505 e. The predicted octanol–water partition coefficient (Wildman–Crippen LogP) is 2.53. The number of aromatic nitrogens is 1. The Labute approximate surface area is 97.0 Å². The molecule has 18 heavy (non-hydrogen) atoms. The second-order valence-electron chi connectivity index (χ2n) is 3.08. The Bertz CT molecular complexity index is 472. The molecular formula is C9H6F5NO3. The molecule has 0 saturated heterocycles. The molecule has 0 atom stereocenters. The first kappa shape index (κ1) is 14.1. The van der Waals surface area contributed by atoms with Crippen LogP contribution in [0.1, 0.15) is 28.0 Å². The maximum atomic E-state index is 12.5. The van der Waals surface area contributed by atoms with Crippen LogP contribution in [0.4, 0.5) is 22.0 Å². The third-order valence-electron chi connectivity index (χ3n) is 1.98. The summed E-state index contributed by atoms with van der Waals surface area (Å²) < 4.78 is 66.5. The number of carbonyl (C=O) groups excluding carboxylic acids is 1. The molecule has 1 aromatic heterocycles. The van der Waals surface area contributed by atoms with Gasteiger partial charge >= 0.3 is 12.1 Å². The lowest BCUT2D eigenvalue weighted by atomic mass is 10.1. The number of aromatic hydroxyl groups is 1. The minimum atomic E-state index is -5.25. The van der Waals surface area contributed by atoms with E-state index in [-0.39, 0.29) is 6.20 Å². The summed E-state index contributed by atoms with van der Waals surface area (Å²) >= 11 is 0. The molecule has 4 nitrogen and oxygen atoms in total. The number of pyridine rings is 1. The van der Waals surface area contributed by atoms with Crippen LogP contribution >= 0.6 is 0 Å². The number of carbonyl (C=O) groups is 1. The molecule has 0 spiro atoms. The first-order chi connectivity index (χ1) is 8.20. The fourth-order valence-corrected chi connectivity index (χ4v) is 1.22. The van der Waals surface area contributed by atoms with E-state index in [9.17, 15) is 31.9 Å². The van der Waals surface area contributed by atoms with E-state index in [1.54, 1.807) is 0 Å². The quantitative estimate of drug-likeness (QED) is 0.663. The molecule has 0 aliphatic heterocycles. The number of alkyl halides is 5. The highest BCUT2D eigenvalue weighted by atomic mass is 19.4. The first-order valence-corrected chi connectivity index (χ1v) is 4.35. The van der Waals surface area contributed by atoms with Crippen LogP contribution < -0.4 is 0 Å². The summed E-state index contributed by atoms with van der Waals surface area (Å²) in [5.74, 6) is -3.04. The highest BCUT2D eigenvalue weighted by Crippen LogP contribution is 2.42. The lowest BCUT2D eigenvalue weighted by molar-refractivity contribution is -0.140. The van der Waals surface area contributed by atoms with Crippen LogP contribution in [0, 0.1) is 0 Å². The lowest BCUT2D eigenvalue weighted by Crippen LogP contribution is -2.15. The fourth-order valence-electron chi connectivity index (χ4n) is 1.22. The summed E-state index contributed by atoms with van der Waals surface area (Å²) in [5.41, 5.74) is -4.57. The maximum absolute atomic E-state index is 12.5. The van der Waals surface area contributed by atoms with Crippen molar-refractivity contribution < 1.29 is 36.6 Å². The average molecular weight is 271 g/mol. The van der Waals surface area contributed by atoms with E-state index in [1.165, 1.54) is 0 Å². The van der Waals surface area contributed by atoms with Crippen LogP contribution in [0.3, 0.4) is 0 Å². The van der Waals surface area contributed by atoms with Gasteiger partial charge in [-0.05, 0) is 0 Å². The number of hydrogen-bond donors (Lipinski definition) is 1. The Morgan fingerprint density at radius 1 is 1.44 bits per heavy atom. The smallest absolute Gasteiger partial charge is 0.420 e. The van der Waals surface area contributed by atoms with Gasteiger partial charge in [0.1, 0.15) is 5.56 Å². The molecule has 1 N–H and O–H groups in total. The van der Waals surface area contributed by atoms with Crippen LogP contribution in [-0.4, -0.2) is 23.2 Å². The molecule has 9 heteroatoms. The Morgan fingerprint density at radius 3 is 2.39 bits per heavy atom. The minimum absolute atomic E-state index is 0.180. The monoisotopic (exact) mass is 271 g/mol. The summed E-state index contributed by atoms with van der Waals surface area (Å²) in [7, 11) is 0.845. The number of hydrogen-bond acceptors (Lipinski definition) is 4. The van der Waals surface area contributed by atoms with Crippen molar-refractivity contribution in [3.63, 3.8) is 0 Å². The number of ether oxygens (including phenoxy) is 1. The van der Waals surface area contributed by atoms with E-state index in [1.807, 2.05) is 0 Å². The van der Waals surface area contributed by atoms with Crippen LogP contribution in [0.2, 0.25) is 0 Å². The Balaban J connectivity index is 3.55. The van der Waals surface area contributed by atoms with Crippen molar-refractivity contribution >= 4 is 5.97 Å². The van der Waals surface area contributed by atoms with E-state index < -0.39 is 41.1 Å². The second-order valence-corrected chi connectivity index (χ2v) is 3.08. The number of halogens is 5. The molecule has 0 bridgehead atoms. The number of nitrogens with zero attached hydrogens (tertiary/aromatic N) is 1. The molecule has 0 aliphatic carbocycles. The molecule has 0 saturated carbocycles. The molecule has 0 fully saturated rings. The van der Waals surface area contributed by atoms with Crippen molar-refractivity contribution in [1.82, 2.24) is 4.98 Å². The van der Waals surface area contributed by atoms with Gasteiger partial charge in [0.2, 0.25) is 0 Å². The molecule has 0 amide bonds. The molecule has 0 radical (unpaired) electrons. The fraction of sp³-hybridized carbons (Fsp3) is 0.333. The van der Waals surface area contributed by atoms with Gasteiger partial charge in [-0.3, -0.25) is 0 Å². The molecule has 1 aromatic rings. The highest BCUT2D eigenvalue weighted by Gasteiger charge is 2.41. The molecule has 0 unspecified atom stereocenters. The van der Waals surface area contributed by atoms with Gasteiger partial charge in [0, 0.05) is 6.20 Å². The van der Waals surface area contributed by atoms with Crippen molar-refractivity contribution in [3.8, 4) is 5.75 Å². The van der Waals surface area contributed by atoms with E-state index in [0.717, 1.165) is 7.11 Å². The molecule has 0 aromatic carbocycles. The van der Waals surface area contributed by atoms with E-state index in [0.29, 0.717) is 0 Å². The topological polar surface area (TPSA) is 59.4 Å². The Kier molecular flexibility index (Phi) is 3.73. The van der Waals surface area contributed by atoms with Gasteiger partial charge in [0.05, 0.1) is 12.7 Å². The normalized spacial score (nSPS) is 11.7.